The summed E-state index contributed by atoms with van der Waals surface area (Å²) in [7, 11) is 0. The normalized spacial score (nSPS) is 11.3. The minimum atomic E-state index is -0.583. The third-order valence-corrected chi connectivity index (χ3v) is 4.73. The molecule has 0 atom stereocenters. The van der Waals surface area contributed by atoms with Gasteiger partial charge in [0, 0.05) is 40.3 Å². The van der Waals surface area contributed by atoms with Crippen LogP contribution in [0.25, 0.3) is 28.0 Å². The molecule has 136 valence electrons. The zero-order valence-corrected chi connectivity index (χ0v) is 15.0. The van der Waals surface area contributed by atoms with Gasteiger partial charge in [-0.25, -0.2) is 9.37 Å². The lowest BCUT2D eigenvalue weighted by Gasteiger charge is -2.14. The summed E-state index contributed by atoms with van der Waals surface area (Å²) in [5, 5.41) is 10.3. The lowest BCUT2D eigenvalue weighted by molar-refractivity contribution is 0.463. The summed E-state index contributed by atoms with van der Waals surface area (Å²) in [4.78, 5) is 24.7. The molecule has 6 nitrogen and oxygen atoms in total. The van der Waals surface area contributed by atoms with Gasteiger partial charge in [-0.2, -0.15) is 0 Å². The van der Waals surface area contributed by atoms with E-state index >= 15 is 0 Å². The van der Waals surface area contributed by atoms with Gasteiger partial charge in [-0.1, -0.05) is 0 Å². The van der Waals surface area contributed by atoms with Crippen molar-refractivity contribution in [1.82, 2.24) is 19.5 Å². The lowest BCUT2D eigenvalue weighted by Crippen LogP contribution is -2.20. The second-order valence-corrected chi connectivity index (χ2v) is 6.53. The Balaban J connectivity index is 1.94. The van der Waals surface area contributed by atoms with Crippen molar-refractivity contribution < 1.29 is 9.50 Å². The molecule has 0 bridgehead atoms. The number of H-pyrrole nitrogens is 1. The van der Waals surface area contributed by atoms with Crippen molar-refractivity contribution in [2.24, 2.45) is 0 Å². The molecular formula is C20H17FN4O2. The Kier molecular flexibility index (Phi) is 3.80. The SMILES string of the molecule is Cc1ccc(-c2cc3c(=O)n(-c4c(C)c(O)cc(F)c4C)cnc3[nH]2)cn1. The predicted molar refractivity (Wildman–Crippen MR) is 101 cm³/mol. The van der Waals surface area contributed by atoms with Crippen molar-refractivity contribution in [2.75, 3.05) is 0 Å². The van der Waals surface area contributed by atoms with E-state index in [9.17, 15) is 14.3 Å². The summed E-state index contributed by atoms with van der Waals surface area (Å²) in [6.07, 6.45) is 3.06. The van der Waals surface area contributed by atoms with Crippen LogP contribution >= 0.6 is 0 Å². The molecule has 0 aliphatic carbocycles. The van der Waals surface area contributed by atoms with Crippen LogP contribution in [-0.2, 0) is 0 Å². The van der Waals surface area contributed by atoms with Crippen molar-refractivity contribution >= 4 is 11.0 Å². The van der Waals surface area contributed by atoms with Gasteiger partial charge in [-0.3, -0.25) is 14.3 Å². The van der Waals surface area contributed by atoms with E-state index in [0.717, 1.165) is 23.0 Å². The molecule has 0 aliphatic rings. The molecule has 0 spiro atoms. The fourth-order valence-electron chi connectivity index (χ4n) is 3.16. The molecule has 3 heterocycles. The lowest BCUT2D eigenvalue weighted by atomic mass is 10.1. The Bertz CT molecular complexity index is 1210. The highest BCUT2D eigenvalue weighted by atomic mass is 19.1. The minimum absolute atomic E-state index is 0.208. The Morgan fingerprint density at radius 3 is 2.59 bits per heavy atom. The van der Waals surface area contributed by atoms with Crippen LogP contribution < -0.4 is 5.56 Å². The number of phenols is 1. The minimum Gasteiger partial charge on any atom is -0.507 e. The summed E-state index contributed by atoms with van der Waals surface area (Å²) in [6, 6.07) is 6.54. The summed E-state index contributed by atoms with van der Waals surface area (Å²) in [5.74, 6) is -0.791. The topological polar surface area (TPSA) is 83.8 Å². The second-order valence-electron chi connectivity index (χ2n) is 6.53. The molecule has 27 heavy (non-hydrogen) atoms. The number of hydrogen-bond acceptors (Lipinski definition) is 4. The maximum absolute atomic E-state index is 14.1. The summed E-state index contributed by atoms with van der Waals surface area (Å²) in [5.41, 5.74) is 3.51. The molecule has 0 amide bonds. The maximum atomic E-state index is 14.1. The number of aromatic hydroxyl groups is 1. The summed E-state index contributed by atoms with van der Waals surface area (Å²) < 4.78 is 15.4. The van der Waals surface area contributed by atoms with Gasteiger partial charge in [-0.15, -0.1) is 0 Å². The van der Waals surface area contributed by atoms with Crippen molar-refractivity contribution in [3.05, 3.63) is 69.8 Å². The number of aryl methyl sites for hydroxylation is 1. The monoisotopic (exact) mass is 364 g/mol. The molecular weight excluding hydrogens is 347 g/mol. The molecule has 0 saturated carbocycles. The van der Waals surface area contributed by atoms with Crippen LogP contribution in [0.1, 0.15) is 16.8 Å². The Morgan fingerprint density at radius 2 is 1.89 bits per heavy atom. The van der Waals surface area contributed by atoms with E-state index < -0.39 is 5.82 Å². The smallest absolute Gasteiger partial charge is 0.267 e. The van der Waals surface area contributed by atoms with Gasteiger partial charge in [0.05, 0.1) is 11.1 Å². The molecule has 0 aliphatic heterocycles. The van der Waals surface area contributed by atoms with E-state index in [-0.39, 0.29) is 16.9 Å². The summed E-state index contributed by atoms with van der Waals surface area (Å²) in [6.45, 7) is 5.09. The first-order valence-corrected chi connectivity index (χ1v) is 8.39. The molecule has 3 aromatic heterocycles. The average molecular weight is 364 g/mol. The molecule has 0 saturated heterocycles. The van der Waals surface area contributed by atoms with Crippen molar-refractivity contribution in [1.29, 1.82) is 0 Å². The Labute approximate surface area is 154 Å². The zero-order valence-electron chi connectivity index (χ0n) is 15.0. The van der Waals surface area contributed by atoms with E-state index in [2.05, 4.69) is 15.0 Å². The highest BCUT2D eigenvalue weighted by Gasteiger charge is 2.17. The molecule has 4 aromatic rings. The van der Waals surface area contributed by atoms with Gasteiger partial charge in [-0.05, 0) is 39.0 Å². The van der Waals surface area contributed by atoms with Crippen LogP contribution in [0, 0.1) is 26.6 Å². The summed E-state index contributed by atoms with van der Waals surface area (Å²) >= 11 is 0. The quantitative estimate of drug-likeness (QED) is 0.570. The van der Waals surface area contributed by atoms with E-state index in [0.29, 0.717) is 22.3 Å². The molecule has 1 aromatic carbocycles. The standard InChI is InChI=1S/C20H17FN4O2/c1-10-4-5-13(8-22-10)16-6-14-19(24-16)23-9-25(20(14)27)18-11(2)15(21)7-17(26)12(18)3/h4-9,24,26H,1-3H3. The van der Waals surface area contributed by atoms with Crippen LogP contribution in [0.4, 0.5) is 4.39 Å². The van der Waals surface area contributed by atoms with Gasteiger partial charge >= 0.3 is 0 Å². The number of nitrogens with zero attached hydrogens (tertiary/aromatic N) is 3. The van der Waals surface area contributed by atoms with Crippen LogP contribution in [0.3, 0.4) is 0 Å². The number of halogens is 1. The van der Waals surface area contributed by atoms with Crippen molar-refractivity contribution in [3.8, 4) is 22.7 Å². The third-order valence-electron chi connectivity index (χ3n) is 4.73. The molecule has 0 fully saturated rings. The number of pyridine rings is 1. The fraction of sp³-hybridized carbons (Fsp3) is 0.150. The van der Waals surface area contributed by atoms with Crippen LogP contribution in [0.2, 0.25) is 0 Å². The number of aromatic amines is 1. The highest BCUT2D eigenvalue weighted by Crippen LogP contribution is 2.29. The van der Waals surface area contributed by atoms with E-state index in [1.807, 2.05) is 19.1 Å². The third kappa shape index (κ3) is 2.68. The number of rotatable bonds is 2. The van der Waals surface area contributed by atoms with Crippen LogP contribution in [0.5, 0.6) is 5.75 Å². The predicted octanol–water partition coefficient (Wildman–Crippen LogP) is 3.55. The molecule has 0 unspecified atom stereocenters. The first-order chi connectivity index (χ1) is 12.9. The largest absolute Gasteiger partial charge is 0.507 e. The number of aromatic nitrogens is 4. The maximum Gasteiger partial charge on any atom is 0.267 e. The van der Waals surface area contributed by atoms with Crippen LogP contribution in [-0.4, -0.2) is 24.6 Å². The molecule has 4 rings (SSSR count). The average Bonchev–Trinajstić information content (AvgIpc) is 3.08. The second kappa shape index (κ2) is 6.05. The van der Waals surface area contributed by atoms with Gasteiger partial charge in [0.2, 0.25) is 0 Å². The van der Waals surface area contributed by atoms with Gasteiger partial charge in [0.15, 0.2) is 0 Å². The molecule has 7 heteroatoms. The Hall–Kier alpha value is -3.48. The number of benzene rings is 1. The zero-order chi connectivity index (χ0) is 19.3. The van der Waals surface area contributed by atoms with Crippen molar-refractivity contribution in [3.63, 3.8) is 0 Å². The van der Waals surface area contributed by atoms with E-state index in [1.54, 1.807) is 26.1 Å². The number of nitrogens with one attached hydrogen (secondary N) is 1. The number of fused-ring (bicyclic) bond motifs is 1. The molecule has 0 radical (unpaired) electrons. The van der Waals surface area contributed by atoms with Gasteiger partial charge in [0.1, 0.15) is 23.5 Å². The number of hydrogen-bond donors (Lipinski definition) is 2. The van der Waals surface area contributed by atoms with Gasteiger partial charge < -0.3 is 10.1 Å². The van der Waals surface area contributed by atoms with Crippen LogP contribution in [0.15, 0.2) is 41.6 Å². The first kappa shape index (κ1) is 17.0. The first-order valence-electron chi connectivity index (χ1n) is 8.39. The highest BCUT2D eigenvalue weighted by molar-refractivity contribution is 5.82. The fourth-order valence-corrected chi connectivity index (χ4v) is 3.16. The number of phenolic OH excluding ortho intramolecular Hbond substituents is 1. The molecule has 2 N–H and O–H groups in total. The Morgan fingerprint density at radius 1 is 1.11 bits per heavy atom. The van der Waals surface area contributed by atoms with Gasteiger partial charge in [0.25, 0.3) is 5.56 Å². The van der Waals surface area contributed by atoms with E-state index in [4.69, 9.17) is 0 Å². The van der Waals surface area contributed by atoms with Crippen molar-refractivity contribution in [2.45, 2.75) is 20.8 Å². The van der Waals surface area contributed by atoms with E-state index in [1.165, 1.54) is 10.9 Å².